The minimum atomic E-state index is 0.980. The SMILES string of the molecule is Cc1cc2c3c(cnc2c2ncccc12)Cc1ccccc1-3. The van der Waals surface area contributed by atoms with Crippen molar-refractivity contribution < 1.29 is 0 Å². The molecule has 5 rings (SSSR count). The molecule has 0 spiro atoms. The maximum absolute atomic E-state index is 4.74. The molecular formula is C20H14N2. The normalized spacial score (nSPS) is 12.6. The van der Waals surface area contributed by atoms with Crippen LogP contribution < -0.4 is 0 Å². The Morgan fingerprint density at radius 3 is 2.68 bits per heavy atom. The van der Waals surface area contributed by atoms with Gasteiger partial charge in [-0.2, -0.15) is 0 Å². The van der Waals surface area contributed by atoms with Crippen molar-refractivity contribution in [2.75, 3.05) is 0 Å². The highest BCUT2D eigenvalue weighted by atomic mass is 14.7. The smallest absolute Gasteiger partial charge is 0.0971 e. The number of fused-ring (bicyclic) bond motifs is 7. The first-order valence-electron chi connectivity index (χ1n) is 7.57. The average molecular weight is 282 g/mol. The second-order valence-corrected chi connectivity index (χ2v) is 5.98. The molecule has 0 unspecified atom stereocenters. The van der Waals surface area contributed by atoms with E-state index >= 15 is 0 Å². The van der Waals surface area contributed by atoms with Gasteiger partial charge in [-0.1, -0.05) is 30.3 Å². The van der Waals surface area contributed by atoms with Crippen LogP contribution in [0.2, 0.25) is 0 Å². The molecule has 0 saturated carbocycles. The molecule has 4 aromatic rings. The Balaban J connectivity index is 2.00. The van der Waals surface area contributed by atoms with E-state index in [0.717, 1.165) is 17.5 Å². The highest BCUT2D eigenvalue weighted by molar-refractivity contribution is 6.10. The molecular weight excluding hydrogens is 268 g/mol. The fourth-order valence-corrected chi connectivity index (χ4v) is 3.68. The summed E-state index contributed by atoms with van der Waals surface area (Å²) in [6.07, 6.45) is 4.86. The van der Waals surface area contributed by atoms with Crippen LogP contribution in [0.25, 0.3) is 32.9 Å². The summed E-state index contributed by atoms with van der Waals surface area (Å²) in [5, 5.41) is 2.42. The third-order valence-electron chi connectivity index (χ3n) is 4.68. The van der Waals surface area contributed by atoms with Gasteiger partial charge in [-0.05, 0) is 46.9 Å². The van der Waals surface area contributed by atoms with Gasteiger partial charge in [0.1, 0.15) is 0 Å². The first-order chi connectivity index (χ1) is 10.8. The fraction of sp³-hybridized carbons (Fsp3) is 0.100. The average Bonchev–Trinajstić information content (AvgIpc) is 2.94. The van der Waals surface area contributed by atoms with Gasteiger partial charge in [0.05, 0.1) is 11.0 Å². The Morgan fingerprint density at radius 2 is 1.73 bits per heavy atom. The van der Waals surface area contributed by atoms with Crippen molar-refractivity contribution in [2.45, 2.75) is 13.3 Å². The van der Waals surface area contributed by atoms with Crippen molar-refractivity contribution in [1.29, 1.82) is 0 Å². The molecule has 2 heterocycles. The summed E-state index contributed by atoms with van der Waals surface area (Å²) in [6.45, 7) is 2.16. The topological polar surface area (TPSA) is 25.8 Å². The van der Waals surface area contributed by atoms with Gasteiger partial charge in [0.25, 0.3) is 0 Å². The lowest BCUT2D eigenvalue weighted by atomic mass is 9.97. The molecule has 0 aliphatic heterocycles. The molecule has 104 valence electrons. The number of hydrogen-bond acceptors (Lipinski definition) is 2. The second-order valence-electron chi connectivity index (χ2n) is 5.98. The number of nitrogens with zero attached hydrogens (tertiary/aromatic N) is 2. The number of benzene rings is 2. The molecule has 22 heavy (non-hydrogen) atoms. The summed E-state index contributed by atoms with van der Waals surface area (Å²) >= 11 is 0. The van der Waals surface area contributed by atoms with Crippen LogP contribution in [0.3, 0.4) is 0 Å². The molecule has 2 aromatic heterocycles. The van der Waals surface area contributed by atoms with Crippen LogP contribution in [-0.4, -0.2) is 9.97 Å². The molecule has 0 fully saturated rings. The number of hydrogen-bond donors (Lipinski definition) is 0. The van der Waals surface area contributed by atoms with Crippen LogP contribution in [0.5, 0.6) is 0 Å². The van der Waals surface area contributed by atoms with Crippen molar-refractivity contribution in [3.8, 4) is 11.1 Å². The highest BCUT2D eigenvalue weighted by Gasteiger charge is 2.22. The number of pyridine rings is 2. The van der Waals surface area contributed by atoms with E-state index in [2.05, 4.69) is 48.3 Å². The molecule has 2 aromatic carbocycles. The summed E-state index contributed by atoms with van der Waals surface area (Å²) in [4.78, 5) is 9.33. The summed E-state index contributed by atoms with van der Waals surface area (Å²) in [6, 6.07) is 15.1. The Morgan fingerprint density at radius 1 is 0.864 bits per heavy atom. The van der Waals surface area contributed by atoms with Gasteiger partial charge in [0.15, 0.2) is 0 Å². The van der Waals surface area contributed by atoms with Crippen LogP contribution in [-0.2, 0) is 6.42 Å². The van der Waals surface area contributed by atoms with E-state index in [1.807, 2.05) is 18.5 Å². The van der Waals surface area contributed by atoms with Crippen molar-refractivity contribution in [2.24, 2.45) is 0 Å². The van der Waals surface area contributed by atoms with Crippen LogP contribution in [0.1, 0.15) is 16.7 Å². The minimum Gasteiger partial charge on any atom is -0.254 e. The Bertz CT molecular complexity index is 1060. The van der Waals surface area contributed by atoms with Crippen molar-refractivity contribution in [3.05, 3.63) is 71.5 Å². The van der Waals surface area contributed by atoms with E-state index < -0.39 is 0 Å². The van der Waals surface area contributed by atoms with Crippen LogP contribution in [0, 0.1) is 6.92 Å². The van der Waals surface area contributed by atoms with E-state index in [0.29, 0.717) is 0 Å². The fourth-order valence-electron chi connectivity index (χ4n) is 3.68. The number of aryl methyl sites for hydroxylation is 1. The summed E-state index contributed by atoms with van der Waals surface area (Å²) in [5.74, 6) is 0. The lowest BCUT2D eigenvalue weighted by Crippen LogP contribution is -1.91. The lowest BCUT2D eigenvalue weighted by Gasteiger charge is -2.10. The molecule has 1 aliphatic carbocycles. The standard InChI is InChI=1S/C20H14N2/c1-12-9-17-18-14(10-13-5-2-3-6-16(13)18)11-22-20(17)19-15(12)7-4-8-21-19/h2-9,11H,10H2,1H3. The maximum Gasteiger partial charge on any atom is 0.0971 e. The molecule has 1 aliphatic rings. The van der Waals surface area contributed by atoms with Gasteiger partial charge in [-0.3, -0.25) is 9.97 Å². The van der Waals surface area contributed by atoms with E-state index in [9.17, 15) is 0 Å². The molecule has 0 radical (unpaired) electrons. The second kappa shape index (κ2) is 4.14. The zero-order valence-electron chi connectivity index (χ0n) is 12.3. The van der Waals surface area contributed by atoms with E-state index in [4.69, 9.17) is 4.98 Å². The van der Waals surface area contributed by atoms with Crippen LogP contribution in [0.15, 0.2) is 54.9 Å². The van der Waals surface area contributed by atoms with Gasteiger partial charge in [0.2, 0.25) is 0 Å². The molecule has 0 N–H and O–H groups in total. The van der Waals surface area contributed by atoms with E-state index in [-0.39, 0.29) is 0 Å². The third kappa shape index (κ3) is 1.44. The number of aromatic nitrogens is 2. The van der Waals surface area contributed by atoms with Crippen molar-refractivity contribution in [3.63, 3.8) is 0 Å². The summed E-state index contributed by atoms with van der Waals surface area (Å²) in [7, 11) is 0. The largest absolute Gasteiger partial charge is 0.254 e. The predicted octanol–water partition coefficient (Wildman–Crippen LogP) is 4.66. The molecule has 2 nitrogen and oxygen atoms in total. The maximum atomic E-state index is 4.74. The Hall–Kier alpha value is -2.74. The van der Waals surface area contributed by atoms with Crippen molar-refractivity contribution >= 4 is 21.8 Å². The Kier molecular flexibility index (Phi) is 2.23. The number of rotatable bonds is 0. The molecule has 0 amide bonds. The Labute approximate surface area is 128 Å². The van der Waals surface area contributed by atoms with Gasteiger partial charge in [0, 0.05) is 29.6 Å². The molecule has 2 heteroatoms. The van der Waals surface area contributed by atoms with Crippen LogP contribution in [0.4, 0.5) is 0 Å². The molecule has 0 saturated heterocycles. The third-order valence-corrected chi connectivity index (χ3v) is 4.68. The molecule has 0 bridgehead atoms. The molecule has 0 atom stereocenters. The summed E-state index contributed by atoms with van der Waals surface area (Å²) in [5.41, 5.74) is 8.68. The first-order valence-corrected chi connectivity index (χ1v) is 7.57. The quantitative estimate of drug-likeness (QED) is 0.386. The van der Waals surface area contributed by atoms with E-state index in [1.165, 1.54) is 38.6 Å². The summed E-state index contributed by atoms with van der Waals surface area (Å²) < 4.78 is 0. The lowest BCUT2D eigenvalue weighted by molar-refractivity contribution is 1.22. The van der Waals surface area contributed by atoms with Gasteiger partial charge >= 0.3 is 0 Å². The van der Waals surface area contributed by atoms with Gasteiger partial charge < -0.3 is 0 Å². The van der Waals surface area contributed by atoms with Crippen LogP contribution >= 0.6 is 0 Å². The minimum absolute atomic E-state index is 0.980. The highest BCUT2D eigenvalue weighted by Crippen LogP contribution is 2.42. The van der Waals surface area contributed by atoms with E-state index in [1.54, 1.807) is 0 Å². The van der Waals surface area contributed by atoms with Gasteiger partial charge in [-0.15, -0.1) is 0 Å². The first kappa shape index (κ1) is 11.9. The van der Waals surface area contributed by atoms with Gasteiger partial charge in [-0.25, -0.2) is 0 Å². The predicted molar refractivity (Wildman–Crippen MR) is 90.0 cm³/mol. The zero-order valence-corrected chi connectivity index (χ0v) is 12.3. The zero-order chi connectivity index (χ0) is 14.7. The monoisotopic (exact) mass is 282 g/mol. The van der Waals surface area contributed by atoms with Crippen molar-refractivity contribution in [1.82, 2.24) is 9.97 Å².